The Morgan fingerprint density at radius 2 is 2.00 bits per heavy atom. The molecule has 0 radical (unpaired) electrons. The van der Waals surface area contributed by atoms with Crippen molar-refractivity contribution < 1.29 is 9.59 Å². The molecule has 19 heavy (non-hydrogen) atoms. The predicted molar refractivity (Wildman–Crippen MR) is 75.1 cm³/mol. The Kier molecular flexibility index (Phi) is 6.02. The Morgan fingerprint density at radius 1 is 1.32 bits per heavy atom. The van der Waals surface area contributed by atoms with E-state index in [2.05, 4.69) is 15.8 Å². The van der Waals surface area contributed by atoms with E-state index >= 15 is 0 Å². The molecule has 0 aromatic heterocycles. The molecule has 0 aliphatic heterocycles. The van der Waals surface area contributed by atoms with Crippen molar-refractivity contribution in [3.05, 3.63) is 34.9 Å². The molecule has 1 rings (SSSR count). The van der Waals surface area contributed by atoms with Gasteiger partial charge in [-0.05, 0) is 19.9 Å². The Balaban J connectivity index is 2.42. The number of amides is 2. The Bertz CT molecular complexity index is 487. The number of hydrogen-bond donors (Lipinski definition) is 2. The molecule has 0 fully saturated rings. The molecular weight excluding hydrogens is 266 g/mol. The van der Waals surface area contributed by atoms with Crippen molar-refractivity contribution in [1.82, 2.24) is 10.7 Å². The van der Waals surface area contributed by atoms with Gasteiger partial charge in [-0.15, -0.1) is 0 Å². The quantitative estimate of drug-likeness (QED) is 0.490. The lowest BCUT2D eigenvalue weighted by atomic mass is 10.2. The lowest BCUT2D eigenvalue weighted by Gasteiger charge is -2.06. The van der Waals surface area contributed by atoms with Crippen LogP contribution in [0.3, 0.4) is 0 Å². The van der Waals surface area contributed by atoms with Crippen LogP contribution in [-0.2, 0) is 9.59 Å². The highest BCUT2D eigenvalue weighted by molar-refractivity contribution is 6.33. The molecule has 2 N–H and O–H groups in total. The van der Waals surface area contributed by atoms with Crippen molar-refractivity contribution in [3.8, 4) is 0 Å². The SMILES string of the molecule is CC(C)NC(=O)CC(=O)N/N=C\c1ccccc1Cl. The zero-order valence-electron chi connectivity index (χ0n) is 10.8. The van der Waals surface area contributed by atoms with Crippen molar-refractivity contribution in [2.45, 2.75) is 26.3 Å². The normalized spacial score (nSPS) is 10.7. The summed E-state index contributed by atoms with van der Waals surface area (Å²) in [4.78, 5) is 22.7. The van der Waals surface area contributed by atoms with E-state index in [0.717, 1.165) is 0 Å². The van der Waals surface area contributed by atoms with E-state index in [-0.39, 0.29) is 18.4 Å². The van der Waals surface area contributed by atoms with Crippen LogP contribution in [0.15, 0.2) is 29.4 Å². The number of carbonyl (C=O) groups excluding carboxylic acids is 2. The predicted octanol–water partition coefficient (Wildman–Crippen LogP) is 1.70. The highest BCUT2D eigenvalue weighted by atomic mass is 35.5. The average Bonchev–Trinajstić information content (AvgIpc) is 2.30. The highest BCUT2D eigenvalue weighted by Gasteiger charge is 2.09. The van der Waals surface area contributed by atoms with Gasteiger partial charge in [0.2, 0.25) is 11.8 Å². The fourth-order valence-corrected chi connectivity index (χ4v) is 1.50. The fraction of sp³-hybridized carbons (Fsp3) is 0.308. The molecule has 0 aliphatic rings. The summed E-state index contributed by atoms with van der Waals surface area (Å²) in [5.74, 6) is -0.804. The summed E-state index contributed by atoms with van der Waals surface area (Å²) in [6, 6.07) is 7.11. The number of hydrazone groups is 1. The number of rotatable bonds is 5. The van der Waals surface area contributed by atoms with Crippen LogP contribution in [-0.4, -0.2) is 24.1 Å². The van der Waals surface area contributed by atoms with Gasteiger partial charge >= 0.3 is 0 Å². The molecule has 102 valence electrons. The summed E-state index contributed by atoms with van der Waals surface area (Å²) in [7, 11) is 0. The third kappa shape index (κ3) is 6.01. The van der Waals surface area contributed by atoms with Gasteiger partial charge in [-0.25, -0.2) is 5.43 Å². The van der Waals surface area contributed by atoms with Crippen molar-refractivity contribution in [2.24, 2.45) is 5.10 Å². The lowest BCUT2D eigenvalue weighted by molar-refractivity contribution is -0.129. The van der Waals surface area contributed by atoms with E-state index in [1.807, 2.05) is 19.9 Å². The second-order valence-corrected chi connectivity index (χ2v) is 4.62. The van der Waals surface area contributed by atoms with Gasteiger partial charge in [0.25, 0.3) is 0 Å². The summed E-state index contributed by atoms with van der Waals surface area (Å²) in [6.07, 6.45) is 1.18. The van der Waals surface area contributed by atoms with Crippen LogP contribution >= 0.6 is 11.6 Å². The first-order valence-electron chi connectivity index (χ1n) is 5.85. The monoisotopic (exact) mass is 281 g/mol. The van der Waals surface area contributed by atoms with Gasteiger partial charge in [0.05, 0.1) is 6.21 Å². The van der Waals surface area contributed by atoms with Crippen LogP contribution in [0.2, 0.25) is 5.02 Å². The van der Waals surface area contributed by atoms with Gasteiger partial charge in [0, 0.05) is 16.6 Å². The third-order valence-electron chi connectivity index (χ3n) is 2.07. The molecule has 1 aromatic rings. The lowest BCUT2D eigenvalue weighted by Crippen LogP contribution is -2.34. The number of nitrogens with one attached hydrogen (secondary N) is 2. The van der Waals surface area contributed by atoms with Gasteiger partial charge < -0.3 is 5.32 Å². The summed E-state index contributed by atoms with van der Waals surface area (Å²) in [5, 5.41) is 6.90. The summed E-state index contributed by atoms with van der Waals surface area (Å²) in [6.45, 7) is 3.65. The van der Waals surface area contributed by atoms with E-state index in [1.165, 1.54) is 6.21 Å². The first-order chi connectivity index (χ1) is 8.99. The molecule has 0 unspecified atom stereocenters. The van der Waals surface area contributed by atoms with Crippen LogP contribution in [0.1, 0.15) is 25.8 Å². The van der Waals surface area contributed by atoms with Crippen molar-refractivity contribution >= 4 is 29.6 Å². The Labute approximate surface area is 117 Å². The molecule has 5 nitrogen and oxygen atoms in total. The van der Waals surface area contributed by atoms with Crippen molar-refractivity contribution in [3.63, 3.8) is 0 Å². The Hall–Kier alpha value is -1.88. The van der Waals surface area contributed by atoms with E-state index in [9.17, 15) is 9.59 Å². The number of nitrogens with zero attached hydrogens (tertiary/aromatic N) is 1. The largest absolute Gasteiger partial charge is 0.353 e. The number of hydrogen-bond acceptors (Lipinski definition) is 3. The fourth-order valence-electron chi connectivity index (χ4n) is 1.31. The second-order valence-electron chi connectivity index (χ2n) is 4.21. The maximum Gasteiger partial charge on any atom is 0.249 e. The minimum atomic E-state index is -0.471. The van der Waals surface area contributed by atoms with Gasteiger partial charge in [-0.3, -0.25) is 9.59 Å². The average molecular weight is 282 g/mol. The summed E-state index contributed by atoms with van der Waals surface area (Å²) < 4.78 is 0. The number of carbonyl (C=O) groups is 2. The van der Waals surface area contributed by atoms with E-state index < -0.39 is 5.91 Å². The first-order valence-corrected chi connectivity index (χ1v) is 6.22. The number of benzene rings is 1. The standard InChI is InChI=1S/C13H16ClN3O2/c1-9(2)16-12(18)7-13(19)17-15-8-10-5-3-4-6-11(10)14/h3-6,8-9H,7H2,1-2H3,(H,16,18)(H,17,19)/b15-8-. The first kappa shape index (κ1) is 15.2. The Morgan fingerprint density at radius 3 is 2.63 bits per heavy atom. The van der Waals surface area contributed by atoms with Crippen molar-refractivity contribution in [1.29, 1.82) is 0 Å². The minimum absolute atomic E-state index is 0.00641. The van der Waals surface area contributed by atoms with E-state index in [4.69, 9.17) is 11.6 Å². The van der Waals surface area contributed by atoms with Crippen LogP contribution in [0, 0.1) is 0 Å². The molecule has 0 saturated carbocycles. The molecule has 0 heterocycles. The van der Waals surface area contributed by atoms with Gasteiger partial charge in [-0.2, -0.15) is 5.10 Å². The second kappa shape index (κ2) is 7.53. The summed E-state index contributed by atoms with van der Waals surface area (Å²) >= 11 is 5.91. The van der Waals surface area contributed by atoms with Crippen LogP contribution in [0.25, 0.3) is 0 Å². The smallest absolute Gasteiger partial charge is 0.249 e. The summed E-state index contributed by atoms with van der Waals surface area (Å²) in [5.41, 5.74) is 2.96. The van der Waals surface area contributed by atoms with Crippen molar-refractivity contribution in [2.75, 3.05) is 0 Å². The molecular formula is C13H16ClN3O2. The molecule has 0 atom stereocenters. The molecule has 6 heteroatoms. The van der Waals surface area contributed by atoms with Crippen LogP contribution < -0.4 is 10.7 Å². The van der Waals surface area contributed by atoms with Crippen LogP contribution in [0.5, 0.6) is 0 Å². The minimum Gasteiger partial charge on any atom is -0.353 e. The molecule has 2 amide bonds. The molecule has 1 aromatic carbocycles. The molecule has 0 saturated heterocycles. The van der Waals surface area contributed by atoms with Gasteiger partial charge in [0.15, 0.2) is 0 Å². The highest BCUT2D eigenvalue weighted by Crippen LogP contribution is 2.11. The molecule has 0 spiro atoms. The maximum atomic E-state index is 11.4. The van der Waals surface area contributed by atoms with Gasteiger partial charge in [0.1, 0.15) is 6.42 Å². The topological polar surface area (TPSA) is 70.6 Å². The maximum absolute atomic E-state index is 11.4. The third-order valence-corrected chi connectivity index (χ3v) is 2.41. The van der Waals surface area contributed by atoms with E-state index in [1.54, 1.807) is 18.2 Å². The molecule has 0 aliphatic carbocycles. The number of halogens is 1. The van der Waals surface area contributed by atoms with Crippen LogP contribution in [0.4, 0.5) is 0 Å². The zero-order chi connectivity index (χ0) is 14.3. The zero-order valence-corrected chi connectivity index (χ0v) is 11.6. The van der Waals surface area contributed by atoms with E-state index in [0.29, 0.717) is 10.6 Å². The van der Waals surface area contributed by atoms with Gasteiger partial charge in [-0.1, -0.05) is 29.8 Å². The molecule has 0 bridgehead atoms.